The molecule has 0 fully saturated rings. The second kappa shape index (κ2) is 4.80. The van der Waals surface area contributed by atoms with Gasteiger partial charge >= 0.3 is 0 Å². The molecule has 2 aromatic heterocycles. The molecule has 1 atom stereocenters. The predicted octanol–water partition coefficient (Wildman–Crippen LogP) is 3.09. The Hall–Kier alpha value is -2.07. The monoisotopic (exact) mass is 269 g/mol. The number of benzene rings is 1. The van der Waals surface area contributed by atoms with Gasteiger partial charge in [-0.25, -0.2) is 0 Å². The summed E-state index contributed by atoms with van der Waals surface area (Å²) >= 11 is 0. The molecule has 0 aliphatic heterocycles. The average molecular weight is 269 g/mol. The first-order valence-electron chi connectivity index (χ1n) is 6.87. The van der Waals surface area contributed by atoms with Crippen molar-refractivity contribution in [1.29, 1.82) is 0 Å². The number of furan rings is 1. The maximum Gasteiger partial charge on any atom is 0.137 e. The molecule has 2 N–H and O–H groups in total. The number of rotatable bonds is 3. The van der Waals surface area contributed by atoms with Crippen molar-refractivity contribution in [3.05, 3.63) is 53.0 Å². The minimum absolute atomic E-state index is 0.273. The molecule has 0 saturated heterocycles. The lowest BCUT2D eigenvalue weighted by atomic mass is 10.0. The van der Waals surface area contributed by atoms with E-state index in [0.29, 0.717) is 0 Å². The first-order valence-corrected chi connectivity index (χ1v) is 6.87. The lowest BCUT2D eigenvalue weighted by Crippen LogP contribution is -2.12. The fourth-order valence-electron chi connectivity index (χ4n) is 2.62. The van der Waals surface area contributed by atoms with Crippen molar-refractivity contribution in [1.82, 2.24) is 9.78 Å². The first-order chi connectivity index (χ1) is 9.60. The van der Waals surface area contributed by atoms with Gasteiger partial charge in [0.05, 0.1) is 11.7 Å². The van der Waals surface area contributed by atoms with Crippen molar-refractivity contribution < 1.29 is 4.42 Å². The largest absolute Gasteiger partial charge is 0.459 e. The molecule has 4 nitrogen and oxygen atoms in total. The molecule has 20 heavy (non-hydrogen) atoms. The summed E-state index contributed by atoms with van der Waals surface area (Å²) in [7, 11) is 1.91. The molecule has 0 radical (unpaired) electrons. The minimum Gasteiger partial charge on any atom is -0.459 e. The number of aromatic nitrogens is 2. The van der Waals surface area contributed by atoms with Gasteiger partial charge in [-0.05, 0) is 25.0 Å². The third-order valence-electron chi connectivity index (χ3n) is 3.67. The van der Waals surface area contributed by atoms with Gasteiger partial charge in [0.2, 0.25) is 0 Å². The van der Waals surface area contributed by atoms with Gasteiger partial charge in [-0.1, -0.05) is 25.1 Å². The van der Waals surface area contributed by atoms with Crippen molar-refractivity contribution in [2.24, 2.45) is 12.8 Å². The number of para-hydroxylation sites is 1. The van der Waals surface area contributed by atoms with Crippen LogP contribution in [0.1, 0.15) is 35.5 Å². The zero-order valence-electron chi connectivity index (χ0n) is 12.1. The Bertz CT molecular complexity index is 754. The molecule has 0 bridgehead atoms. The van der Waals surface area contributed by atoms with Gasteiger partial charge in [0.25, 0.3) is 0 Å². The van der Waals surface area contributed by atoms with Crippen molar-refractivity contribution in [3.8, 4) is 0 Å². The van der Waals surface area contributed by atoms with Gasteiger partial charge in [0, 0.05) is 24.2 Å². The molecule has 0 aliphatic carbocycles. The fraction of sp³-hybridized carbons (Fsp3) is 0.312. The lowest BCUT2D eigenvalue weighted by Gasteiger charge is -2.07. The zero-order chi connectivity index (χ0) is 14.3. The van der Waals surface area contributed by atoms with Crippen LogP contribution in [-0.2, 0) is 13.5 Å². The number of hydrogen-bond donors (Lipinski definition) is 1. The highest BCUT2D eigenvalue weighted by atomic mass is 16.3. The van der Waals surface area contributed by atoms with Crippen LogP contribution in [0.4, 0.5) is 0 Å². The van der Waals surface area contributed by atoms with Crippen LogP contribution >= 0.6 is 0 Å². The molecule has 0 spiro atoms. The number of hydrogen-bond acceptors (Lipinski definition) is 3. The van der Waals surface area contributed by atoms with Crippen molar-refractivity contribution >= 4 is 11.0 Å². The molecular formula is C16H19N3O. The Balaban J connectivity index is 2.07. The smallest absolute Gasteiger partial charge is 0.137 e. The summed E-state index contributed by atoms with van der Waals surface area (Å²) in [4.78, 5) is 0. The molecule has 2 heterocycles. The third kappa shape index (κ3) is 2.02. The maximum atomic E-state index is 6.37. The number of nitrogens with two attached hydrogens (primary N) is 1. The van der Waals surface area contributed by atoms with E-state index in [1.54, 1.807) is 0 Å². The number of nitrogens with zero attached hydrogens (tertiary/aromatic N) is 2. The Morgan fingerprint density at radius 3 is 2.90 bits per heavy atom. The van der Waals surface area contributed by atoms with Crippen molar-refractivity contribution in [2.45, 2.75) is 26.3 Å². The summed E-state index contributed by atoms with van der Waals surface area (Å²) in [6.07, 6.45) is 2.84. The highest BCUT2D eigenvalue weighted by Crippen LogP contribution is 2.29. The van der Waals surface area contributed by atoms with Gasteiger partial charge in [-0.2, -0.15) is 5.10 Å². The Labute approximate surface area is 118 Å². The molecule has 104 valence electrons. The van der Waals surface area contributed by atoms with E-state index in [0.717, 1.165) is 40.0 Å². The van der Waals surface area contributed by atoms with Crippen LogP contribution in [0, 0.1) is 6.92 Å². The SMILES string of the molecule is CCc1nn(C)cc1C(N)c1cc2cccc(C)c2o1. The van der Waals surface area contributed by atoms with Gasteiger partial charge in [-0.15, -0.1) is 0 Å². The van der Waals surface area contributed by atoms with E-state index in [1.165, 1.54) is 0 Å². The Morgan fingerprint density at radius 1 is 1.40 bits per heavy atom. The van der Waals surface area contributed by atoms with Gasteiger partial charge in [0.15, 0.2) is 0 Å². The van der Waals surface area contributed by atoms with E-state index in [4.69, 9.17) is 10.2 Å². The summed E-state index contributed by atoms with van der Waals surface area (Å²) in [5, 5.41) is 5.54. The molecule has 3 aromatic rings. The van der Waals surface area contributed by atoms with Crippen LogP contribution in [0.3, 0.4) is 0 Å². The predicted molar refractivity (Wildman–Crippen MR) is 79.6 cm³/mol. The average Bonchev–Trinajstić information content (AvgIpc) is 3.02. The topological polar surface area (TPSA) is 57.0 Å². The summed E-state index contributed by atoms with van der Waals surface area (Å²) in [6.45, 7) is 4.13. The zero-order valence-corrected chi connectivity index (χ0v) is 12.1. The molecule has 1 aromatic carbocycles. The quantitative estimate of drug-likeness (QED) is 0.795. The molecule has 4 heteroatoms. The standard InChI is InChI=1S/C16H19N3O/c1-4-13-12(9-19(3)18-13)15(17)14-8-11-7-5-6-10(2)16(11)20-14/h5-9,15H,4,17H2,1-3H3. The van der Waals surface area contributed by atoms with Crippen molar-refractivity contribution in [3.63, 3.8) is 0 Å². The van der Waals surface area contributed by atoms with Crippen LogP contribution < -0.4 is 5.73 Å². The van der Waals surface area contributed by atoms with Gasteiger partial charge in [0.1, 0.15) is 11.3 Å². The number of fused-ring (bicyclic) bond motifs is 1. The second-order valence-electron chi connectivity index (χ2n) is 5.18. The van der Waals surface area contributed by atoms with E-state index < -0.39 is 0 Å². The van der Waals surface area contributed by atoms with E-state index >= 15 is 0 Å². The second-order valence-corrected chi connectivity index (χ2v) is 5.18. The van der Waals surface area contributed by atoms with Crippen molar-refractivity contribution in [2.75, 3.05) is 0 Å². The molecule has 0 saturated carbocycles. The molecule has 3 rings (SSSR count). The van der Waals surface area contributed by atoms with E-state index in [1.807, 2.05) is 49.1 Å². The normalized spacial score (nSPS) is 13.0. The number of aryl methyl sites for hydroxylation is 3. The van der Waals surface area contributed by atoms with Crippen LogP contribution in [0.15, 0.2) is 34.9 Å². The molecule has 1 unspecified atom stereocenters. The highest BCUT2D eigenvalue weighted by Gasteiger charge is 2.19. The van der Waals surface area contributed by atoms with Crippen LogP contribution in [0.25, 0.3) is 11.0 Å². The Morgan fingerprint density at radius 2 is 2.20 bits per heavy atom. The van der Waals surface area contributed by atoms with Gasteiger partial charge < -0.3 is 10.2 Å². The van der Waals surface area contributed by atoms with Gasteiger partial charge in [-0.3, -0.25) is 4.68 Å². The van der Waals surface area contributed by atoms with Crippen LogP contribution in [0.2, 0.25) is 0 Å². The highest BCUT2D eigenvalue weighted by molar-refractivity contribution is 5.81. The maximum absolute atomic E-state index is 6.37. The fourth-order valence-corrected chi connectivity index (χ4v) is 2.62. The van der Waals surface area contributed by atoms with E-state index in [9.17, 15) is 0 Å². The van der Waals surface area contributed by atoms with E-state index in [2.05, 4.69) is 12.0 Å². The first kappa shape index (κ1) is 12.9. The summed E-state index contributed by atoms with van der Waals surface area (Å²) in [6, 6.07) is 7.88. The summed E-state index contributed by atoms with van der Waals surface area (Å²) in [5.41, 5.74) is 10.5. The lowest BCUT2D eigenvalue weighted by molar-refractivity contribution is 0.522. The summed E-state index contributed by atoms with van der Waals surface area (Å²) in [5.74, 6) is 0.789. The minimum atomic E-state index is -0.273. The van der Waals surface area contributed by atoms with Crippen LogP contribution in [0.5, 0.6) is 0 Å². The molecule has 0 amide bonds. The third-order valence-corrected chi connectivity index (χ3v) is 3.67. The Kier molecular flexibility index (Phi) is 3.10. The molecular weight excluding hydrogens is 250 g/mol. The van der Waals surface area contributed by atoms with Crippen LogP contribution in [-0.4, -0.2) is 9.78 Å². The van der Waals surface area contributed by atoms with E-state index in [-0.39, 0.29) is 6.04 Å². The molecule has 0 aliphatic rings. The summed E-state index contributed by atoms with van der Waals surface area (Å²) < 4.78 is 7.77.